The van der Waals surface area contributed by atoms with Crippen molar-refractivity contribution in [3.05, 3.63) is 29.8 Å². The summed E-state index contributed by atoms with van der Waals surface area (Å²) in [6, 6.07) is 7.62. The number of hydrogen-bond donors (Lipinski definition) is 2. The Hall–Kier alpha value is -2.00. The number of halogens is 3. The van der Waals surface area contributed by atoms with Crippen molar-refractivity contribution in [3.8, 4) is 5.75 Å². The van der Waals surface area contributed by atoms with Gasteiger partial charge in [0.25, 0.3) is 0 Å². The summed E-state index contributed by atoms with van der Waals surface area (Å²) in [4.78, 5) is 5.56. The average molecular weight is 388 g/mol. The molecule has 1 aliphatic heterocycles. The maximum Gasteiger partial charge on any atom is 0.401 e. The summed E-state index contributed by atoms with van der Waals surface area (Å²) in [6.07, 6.45) is -3.51. The number of nitrogens with zero attached hydrogens (tertiary/aromatic N) is 2. The first-order chi connectivity index (χ1) is 12.9. The van der Waals surface area contributed by atoms with Crippen molar-refractivity contribution >= 4 is 5.96 Å². The molecule has 1 fully saturated rings. The summed E-state index contributed by atoms with van der Waals surface area (Å²) >= 11 is 0. The minimum absolute atomic E-state index is 0.0535. The molecule has 1 atom stereocenters. The second-order valence-corrected chi connectivity index (χ2v) is 6.39. The van der Waals surface area contributed by atoms with Crippen LogP contribution in [0.4, 0.5) is 13.2 Å². The van der Waals surface area contributed by atoms with Crippen LogP contribution in [-0.4, -0.2) is 70.1 Å². The molecule has 6 nitrogen and oxygen atoms in total. The summed E-state index contributed by atoms with van der Waals surface area (Å²) in [7, 11) is 3.26. The topological polar surface area (TPSA) is 58.1 Å². The highest BCUT2D eigenvalue weighted by Gasteiger charge is 2.34. The lowest BCUT2D eigenvalue weighted by molar-refractivity contribution is -0.143. The molecule has 27 heavy (non-hydrogen) atoms. The zero-order chi connectivity index (χ0) is 19.7. The third-order valence-electron chi connectivity index (χ3n) is 4.15. The van der Waals surface area contributed by atoms with Gasteiger partial charge in [-0.05, 0) is 24.1 Å². The fourth-order valence-electron chi connectivity index (χ4n) is 2.91. The van der Waals surface area contributed by atoms with Gasteiger partial charge in [0.15, 0.2) is 5.96 Å². The molecule has 1 aliphatic rings. The molecular formula is C18H27F3N4O2. The van der Waals surface area contributed by atoms with Gasteiger partial charge in [-0.2, -0.15) is 13.2 Å². The van der Waals surface area contributed by atoms with Crippen LogP contribution in [0.3, 0.4) is 0 Å². The summed E-state index contributed by atoms with van der Waals surface area (Å²) in [5, 5.41) is 6.38. The van der Waals surface area contributed by atoms with Crippen LogP contribution in [0.15, 0.2) is 29.3 Å². The number of guanidine groups is 1. The van der Waals surface area contributed by atoms with E-state index < -0.39 is 12.7 Å². The molecule has 1 unspecified atom stereocenters. The standard InChI is InChI=1S/C18H27F3N4O2/c1-22-17(24-15-6-7-25(12-15)13-18(19,20)21)23-11-14-4-3-5-16(10-14)27-9-8-26-2/h3-5,10,15H,6-9,11-13H2,1-2H3,(H2,22,23,24). The highest BCUT2D eigenvalue weighted by Crippen LogP contribution is 2.20. The minimum Gasteiger partial charge on any atom is -0.491 e. The zero-order valence-electron chi connectivity index (χ0n) is 15.7. The van der Waals surface area contributed by atoms with Crippen molar-refractivity contribution in [1.82, 2.24) is 15.5 Å². The Balaban J connectivity index is 1.78. The lowest BCUT2D eigenvalue weighted by Gasteiger charge is -2.20. The van der Waals surface area contributed by atoms with E-state index in [1.807, 2.05) is 24.3 Å². The van der Waals surface area contributed by atoms with E-state index in [0.717, 1.165) is 11.3 Å². The van der Waals surface area contributed by atoms with Gasteiger partial charge in [-0.25, -0.2) is 0 Å². The van der Waals surface area contributed by atoms with Crippen LogP contribution < -0.4 is 15.4 Å². The van der Waals surface area contributed by atoms with Gasteiger partial charge in [0.05, 0.1) is 13.2 Å². The van der Waals surface area contributed by atoms with Crippen LogP contribution in [0.2, 0.25) is 0 Å². The SMILES string of the molecule is CN=C(NCc1cccc(OCCOC)c1)NC1CCN(CC(F)(F)F)C1. The summed E-state index contributed by atoms with van der Waals surface area (Å²) in [6.45, 7) is 1.43. The number of aliphatic imine (C=N–C) groups is 1. The number of rotatable bonds is 8. The third kappa shape index (κ3) is 8.04. The van der Waals surface area contributed by atoms with Crippen LogP contribution in [0.25, 0.3) is 0 Å². The lowest BCUT2D eigenvalue weighted by Crippen LogP contribution is -2.44. The molecule has 0 bridgehead atoms. The lowest BCUT2D eigenvalue weighted by atomic mass is 10.2. The Labute approximate surface area is 157 Å². The Kier molecular flexibility index (Phi) is 8.18. The van der Waals surface area contributed by atoms with E-state index in [9.17, 15) is 13.2 Å². The third-order valence-corrected chi connectivity index (χ3v) is 4.15. The molecule has 0 spiro atoms. The number of alkyl halides is 3. The molecule has 2 rings (SSSR count). The van der Waals surface area contributed by atoms with E-state index in [-0.39, 0.29) is 6.04 Å². The van der Waals surface area contributed by atoms with Crippen molar-refractivity contribution in [2.45, 2.75) is 25.2 Å². The Morgan fingerprint density at radius 3 is 2.85 bits per heavy atom. The van der Waals surface area contributed by atoms with Gasteiger partial charge in [-0.3, -0.25) is 9.89 Å². The summed E-state index contributed by atoms with van der Waals surface area (Å²) in [5.41, 5.74) is 1.01. The monoisotopic (exact) mass is 388 g/mol. The van der Waals surface area contributed by atoms with Crippen molar-refractivity contribution in [1.29, 1.82) is 0 Å². The second-order valence-electron chi connectivity index (χ2n) is 6.39. The van der Waals surface area contributed by atoms with Crippen LogP contribution in [0.5, 0.6) is 5.75 Å². The largest absolute Gasteiger partial charge is 0.491 e. The molecule has 1 heterocycles. The number of nitrogens with one attached hydrogen (secondary N) is 2. The van der Waals surface area contributed by atoms with Crippen molar-refractivity contribution in [3.63, 3.8) is 0 Å². The van der Waals surface area contributed by atoms with Gasteiger partial charge < -0.3 is 20.1 Å². The fraction of sp³-hybridized carbons (Fsp3) is 0.611. The first kappa shape index (κ1) is 21.3. The maximum absolute atomic E-state index is 12.5. The van der Waals surface area contributed by atoms with Gasteiger partial charge in [0.2, 0.25) is 0 Å². The van der Waals surface area contributed by atoms with Gasteiger partial charge in [-0.15, -0.1) is 0 Å². The number of hydrogen-bond acceptors (Lipinski definition) is 4. The van der Waals surface area contributed by atoms with E-state index in [4.69, 9.17) is 9.47 Å². The molecule has 0 aliphatic carbocycles. The van der Waals surface area contributed by atoms with E-state index in [1.165, 1.54) is 4.90 Å². The van der Waals surface area contributed by atoms with Gasteiger partial charge in [0, 0.05) is 39.8 Å². The summed E-state index contributed by atoms with van der Waals surface area (Å²) in [5.74, 6) is 1.33. The van der Waals surface area contributed by atoms with Crippen LogP contribution >= 0.6 is 0 Å². The van der Waals surface area contributed by atoms with E-state index in [2.05, 4.69) is 15.6 Å². The molecule has 0 aromatic heterocycles. The van der Waals surface area contributed by atoms with Crippen LogP contribution in [0.1, 0.15) is 12.0 Å². The molecule has 0 radical (unpaired) electrons. The molecule has 1 saturated heterocycles. The summed E-state index contributed by atoms with van der Waals surface area (Å²) < 4.78 is 48.0. The van der Waals surface area contributed by atoms with Crippen molar-refractivity contribution < 1.29 is 22.6 Å². The Morgan fingerprint density at radius 1 is 1.33 bits per heavy atom. The molecule has 2 N–H and O–H groups in total. The van der Waals surface area contributed by atoms with E-state index in [1.54, 1.807) is 14.2 Å². The first-order valence-corrected chi connectivity index (χ1v) is 8.86. The Bertz CT molecular complexity index is 611. The van der Waals surface area contributed by atoms with Gasteiger partial charge >= 0.3 is 6.18 Å². The smallest absolute Gasteiger partial charge is 0.401 e. The molecule has 1 aromatic rings. The maximum atomic E-state index is 12.5. The fourth-order valence-corrected chi connectivity index (χ4v) is 2.91. The predicted octanol–water partition coefficient (Wildman–Crippen LogP) is 2.01. The highest BCUT2D eigenvalue weighted by atomic mass is 19.4. The minimum atomic E-state index is -4.16. The van der Waals surface area contributed by atoms with E-state index in [0.29, 0.717) is 45.2 Å². The highest BCUT2D eigenvalue weighted by molar-refractivity contribution is 5.80. The second kappa shape index (κ2) is 10.4. The molecule has 1 aromatic carbocycles. The number of benzene rings is 1. The molecule has 9 heteroatoms. The number of ether oxygens (including phenoxy) is 2. The number of likely N-dealkylation sites (tertiary alicyclic amines) is 1. The quantitative estimate of drug-likeness (QED) is 0.405. The van der Waals surface area contributed by atoms with Gasteiger partial charge in [-0.1, -0.05) is 12.1 Å². The normalized spacial score (nSPS) is 18.6. The van der Waals surface area contributed by atoms with E-state index >= 15 is 0 Å². The van der Waals surface area contributed by atoms with Crippen LogP contribution in [0, 0.1) is 0 Å². The average Bonchev–Trinajstić information content (AvgIpc) is 3.04. The van der Waals surface area contributed by atoms with Gasteiger partial charge in [0.1, 0.15) is 12.4 Å². The predicted molar refractivity (Wildman–Crippen MR) is 98.0 cm³/mol. The van der Waals surface area contributed by atoms with Crippen LogP contribution in [-0.2, 0) is 11.3 Å². The molecule has 0 saturated carbocycles. The van der Waals surface area contributed by atoms with Crippen molar-refractivity contribution in [2.75, 3.05) is 47.0 Å². The first-order valence-electron chi connectivity index (χ1n) is 8.86. The Morgan fingerprint density at radius 2 is 2.15 bits per heavy atom. The molecular weight excluding hydrogens is 361 g/mol. The molecule has 152 valence electrons. The zero-order valence-corrected chi connectivity index (χ0v) is 15.7. The van der Waals surface area contributed by atoms with Crippen molar-refractivity contribution in [2.24, 2.45) is 4.99 Å². The molecule has 0 amide bonds. The number of methoxy groups -OCH3 is 1.